The van der Waals surface area contributed by atoms with Gasteiger partial charge < -0.3 is 4.90 Å². The van der Waals surface area contributed by atoms with Crippen LogP contribution in [0.25, 0.3) is 88.0 Å². The average molecular weight is 942 g/mol. The van der Waals surface area contributed by atoms with Gasteiger partial charge in [0.15, 0.2) is 0 Å². The third-order valence-electron chi connectivity index (χ3n) is 18.1. The summed E-state index contributed by atoms with van der Waals surface area (Å²) in [5.74, 6) is 0. The lowest BCUT2D eigenvalue weighted by molar-refractivity contribution is 0.660. The molecule has 1 heteroatoms. The van der Waals surface area contributed by atoms with Crippen LogP contribution >= 0.6 is 0 Å². The predicted molar refractivity (Wildman–Crippen MR) is 311 cm³/mol. The SMILES string of the molecule is CC1(C)c2ccccc2-c2ccc(-c3cc4c(cc3N(c3ccc5c6ccccc6c6ccccc6c5c3)c3cccc5c3-c3ccccc3C5(C)C)C3(c5ccccc5-c5ccccc53)c3ccccc3-4)cc21. The van der Waals surface area contributed by atoms with E-state index in [1.807, 2.05) is 0 Å². The molecule has 4 aliphatic carbocycles. The molecule has 1 nitrogen and oxygen atoms in total. The van der Waals surface area contributed by atoms with Crippen LogP contribution < -0.4 is 4.90 Å². The van der Waals surface area contributed by atoms with Gasteiger partial charge in [-0.05, 0) is 158 Å². The van der Waals surface area contributed by atoms with Crippen molar-refractivity contribution in [3.63, 3.8) is 0 Å². The minimum Gasteiger partial charge on any atom is -0.309 e. The molecule has 0 fully saturated rings. The summed E-state index contributed by atoms with van der Waals surface area (Å²) in [5.41, 5.74) is 26.2. The number of hydrogen-bond acceptors (Lipinski definition) is 1. The first-order valence-corrected chi connectivity index (χ1v) is 26.3. The highest BCUT2D eigenvalue weighted by Crippen LogP contribution is 2.65. The minimum absolute atomic E-state index is 0.176. The van der Waals surface area contributed by atoms with Gasteiger partial charge in [0, 0.05) is 27.6 Å². The Morgan fingerprint density at radius 2 is 0.703 bits per heavy atom. The summed E-state index contributed by atoms with van der Waals surface area (Å²) >= 11 is 0. The topological polar surface area (TPSA) is 3.24 Å². The van der Waals surface area contributed by atoms with Crippen LogP contribution in [-0.4, -0.2) is 0 Å². The predicted octanol–water partition coefficient (Wildman–Crippen LogP) is 19.2. The molecule has 0 saturated heterocycles. The Bertz CT molecular complexity index is 4370. The van der Waals surface area contributed by atoms with Gasteiger partial charge in [-0.3, -0.25) is 0 Å². The van der Waals surface area contributed by atoms with Crippen LogP contribution in [0.1, 0.15) is 72.2 Å². The second kappa shape index (κ2) is 14.7. The highest BCUT2D eigenvalue weighted by Gasteiger charge is 2.52. The number of fused-ring (bicyclic) bond motifs is 22. The molecule has 12 aromatic carbocycles. The monoisotopic (exact) mass is 941 g/mol. The molecule has 1 spiro atoms. The fraction of sp³-hybridized carbons (Fsp3) is 0.0959. The summed E-state index contributed by atoms with van der Waals surface area (Å²) in [6.45, 7) is 9.62. The van der Waals surface area contributed by atoms with Gasteiger partial charge >= 0.3 is 0 Å². The summed E-state index contributed by atoms with van der Waals surface area (Å²) in [6, 6.07) is 90.7. The van der Waals surface area contributed by atoms with E-state index in [1.165, 1.54) is 138 Å². The van der Waals surface area contributed by atoms with E-state index in [4.69, 9.17) is 0 Å². The number of hydrogen-bond donors (Lipinski definition) is 0. The first-order valence-electron chi connectivity index (χ1n) is 26.3. The molecule has 0 aromatic heterocycles. The molecular weight excluding hydrogens is 891 g/mol. The Morgan fingerprint density at radius 3 is 1.31 bits per heavy atom. The van der Waals surface area contributed by atoms with Gasteiger partial charge in [0.25, 0.3) is 0 Å². The fourth-order valence-electron chi connectivity index (χ4n) is 14.8. The molecule has 0 aliphatic heterocycles. The van der Waals surface area contributed by atoms with Crippen LogP contribution in [0.15, 0.2) is 237 Å². The zero-order valence-electron chi connectivity index (χ0n) is 42.0. The molecule has 0 unspecified atom stereocenters. The van der Waals surface area contributed by atoms with E-state index in [-0.39, 0.29) is 10.8 Å². The highest BCUT2D eigenvalue weighted by atomic mass is 15.1. The molecule has 0 amide bonds. The molecule has 0 saturated carbocycles. The molecule has 74 heavy (non-hydrogen) atoms. The van der Waals surface area contributed by atoms with E-state index >= 15 is 0 Å². The van der Waals surface area contributed by atoms with Crippen LogP contribution in [0.4, 0.5) is 17.1 Å². The second-order valence-electron chi connectivity index (χ2n) is 22.3. The third-order valence-corrected chi connectivity index (χ3v) is 18.1. The Morgan fingerprint density at radius 1 is 0.257 bits per heavy atom. The van der Waals surface area contributed by atoms with Gasteiger partial charge in [-0.1, -0.05) is 228 Å². The van der Waals surface area contributed by atoms with Gasteiger partial charge in [0.1, 0.15) is 0 Å². The normalized spacial score (nSPS) is 15.1. The molecule has 348 valence electrons. The van der Waals surface area contributed by atoms with Crippen LogP contribution in [0.2, 0.25) is 0 Å². The summed E-state index contributed by atoms with van der Waals surface area (Å²) in [4.78, 5) is 2.66. The van der Waals surface area contributed by atoms with Crippen LogP contribution in [-0.2, 0) is 16.2 Å². The molecule has 0 N–H and O–H groups in total. The summed E-state index contributed by atoms with van der Waals surface area (Å²) in [5, 5.41) is 7.59. The van der Waals surface area contributed by atoms with E-state index in [1.54, 1.807) is 0 Å². The molecule has 12 aromatic rings. The van der Waals surface area contributed by atoms with E-state index in [9.17, 15) is 0 Å². The Labute approximate surface area is 432 Å². The molecule has 0 heterocycles. The van der Waals surface area contributed by atoms with Crippen molar-refractivity contribution in [3.8, 4) is 55.6 Å². The lowest BCUT2D eigenvalue weighted by Crippen LogP contribution is -2.26. The standard InChI is InChI=1S/C73H51N/c1-71(2)61-30-15-13-28-56(61)70-65(71)34-19-35-68(70)74(45-37-39-50-48-22-6-5-20-46(48)47-21-7-8-23-49(47)58(50)41-45)69-43-67-59(42-57(69)44-36-38-55-51-24-9-14-29-60(51)72(3,4)66(55)40-44)54-27-12-18-33-64(54)73(67)62-31-16-10-25-52(62)53-26-11-17-32-63(53)73/h5-43H,1-4H3. The fourth-order valence-corrected chi connectivity index (χ4v) is 14.8. The van der Waals surface area contributed by atoms with Gasteiger partial charge in [-0.15, -0.1) is 0 Å². The second-order valence-corrected chi connectivity index (χ2v) is 22.3. The van der Waals surface area contributed by atoms with Crippen molar-refractivity contribution in [1.82, 2.24) is 0 Å². The largest absolute Gasteiger partial charge is 0.309 e. The van der Waals surface area contributed by atoms with Crippen LogP contribution in [0.5, 0.6) is 0 Å². The third kappa shape index (κ3) is 5.24. The van der Waals surface area contributed by atoms with E-state index < -0.39 is 5.41 Å². The van der Waals surface area contributed by atoms with Gasteiger partial charge in [0.05, 0.1) is 16.8 Å². The quantitative estimate of drug-likeness (QED) is 0.159. The minimum atomic E-state index is -0.536. The van der Waals surface area contributed by atoms with Gasteiger partial charge in [0.2, 0.25) is 0 Å². The van der Waals surface area contributed by atoms with Gasteiger partial charge in [-0.2, -0.15) is 0 Å². The Balaban J connectivity index is 1.07. The highest BCUT2D eigenvalue weighted by molar-refractivity contribution is 6.26. The number of anilines is 3. The average Bonchev–Trinajstić information content (AvgIpc) is 4.11. The van der Waals surface area contributed by atoms with Crippen molar-refractivity contribution >= 4 is 49.4 Å². The first-order chi connectivity index (χ1) is 36.2. The van der Waals surface area contributed by atoms with Gasteiger partial charge in [-0.25, -0.2) is 0 Å². The zero-order chi connectivity index (χ0) is 49.2. The summed E-state index contributed by atoms with van der Waals surface area (Å²) in [7, 11) is 0. The molecule has 4 aliphatic rings. The van der Waals surface area contributed by atoms with Crippen LogP contribution in [0, 0.1) is 0 Å². The van der Waals surface area contributed by atoms with E-state index in [0.717, 1.165) is 11.4 Å². The molecule has 0 atom stereocenters. The van der Waals surface area contributed by atoms with Crippen molar-refractivity contribution < 1.29 is 0 Å². The van der Waals surface area contributed by atoms with E-state index in [2.05, 4.69) is 269 Å². The molecule has 0 bridgehead atoms. The lowest BCUT2D eigenvalue weighted by atomic mass is 9.70. The summed E-state index contributed by atoms with van der Waals surface area (Å²) < 4.78 is 0. The maximum atomic E-state index is 2.66. The van der Waals surface area contributed by atoms with Crippen molar-refractivity contribution in [1.29, 1.82) is 0 Å². The molecule has 0 radical (unpaired) electrons. The zero-order valence-corrected chi connectivity index (χ0v) is 42.0. The lowest BCUT2D eigenvalue weighted by Gasteiger charge is -2.34. The maximum absolute atomic E-state index is 2.66. The Kier molecular flexibility index (Phi) is 8.29. The molecule has 16 rings (SSSR count). The van der Waals surface area contributed by atoms with E-state index in [0.29, 0.717) is 0 Å². The van der Waals surface area contributed by atoms with Crippen molar-refractivity contribution in [2.45, 2.75) is 43.9 Å². The maximum Gasteiger partial charge on any atom is 0.0726 e. The van der Waals surface area contributed by atoms with Crippen molar-refractivity contribution in [3.05, 3.63) is 281 Å². The molecular formula is C73H51N. The smallest absolute Gasteiger partial charge is 0.0726 e. The van der Waals surface area contributed by atoms with Crippen molar-refractivity contribution in [2.75, 3.05) is 4.90 Å². The Hall–Kier alpha value is -8.78. The number of benzene rings is 12. The van der Waals surface area contributed by atoms with Crippen LogP contribution in [0.3, 0.4) is 0 Å². The first kappa shape index (κ1) is 41.8. The number of rotatable bonds is 4. The van der Waals surface area contributed by atoms with Crippen molar-refractivity contribution in [2.24, 2.45) is 0 Å². The number of nitrogens with zero attached hydrogens (tertiary/aromatic N) is 1. The summed E-state index contributed by atoms with van der Waals surface area (Å²) in [6.07, 6.45) is 0.